The quantitative estimate of drug-likeness (QED) is 0.555. The Morgan fingerprint density at radius 2 is 1.65 bits per heavy atom. The van der Waals surface area contributed by atoms with E-state index in [4.69, 9.17) is 23.1 Å². The van der Waals surface area contributed by atoms with Gasteiger partial charge < -0.3 is 23.1 Å². The third kappa shape index (κ3) is 4.60. The normalized spacial score (nSPS) is 11.3. The first-order valence-corrected chi connectivity index (χ1v) is 8.11. The Bertz CT molecular complexity index is 407. The molecule has 0 aliphatic rings. The molecule has 0 unspecified atom stereocenters. The van der Waals surface area contributed by atoms with Gasteiger partial charge in [-0.05, 0) is 30.7 Å². The summed E-state index contributed by atoms with van der Waals surface area (Å²) >= 11 is 0. The molecule has 0 heterocycles. The van der Waals surface area contributed by atoms with Crippen molar-refractivity contribution < 1.29 is 27.9 Å². The molecule has 20 heavy (non-hydrogen) atoms. The van der Waals surface area contributed by atoms with Crippen LogP contribution in [0.2, 0.25) is 6.04 Å². The molecule has 0 aromatic heterocycles. The van der Waals surface area contributed by atoms with Gasteiger partial charge in [0.15, 0.2) is 0 Å². The van der Waals surface area contributed by atoms with Crippen molar-refractivity contribution in [3.8, 4) is 5.75 Å². The van der Waals surface area contributed by atoms with E-state index in [2.05, 4.69) is 0 Å². The maximum atomic E-state index is 10.7. The molecule has 0 atom stereocenters. The van der Waals surface area contributed by atoms with Crippen molar-refractivity contribution in [1.82, 2.24) is 0 Å². The maximum absolute atomic E-state index is 10.7. The molecule has 112 valence electrons. The van der Waals surface area contributed by atoms with Crippen LogP contribution in [0.15, 0.2) is 24.3 Å². The van der Waals surface area contributed by atoms with Gasteiger partial charge in [-0.3, -0.25) is 0 Å². The van der Waals surface area contributed by atoms with Crippen LogP contribution < -0.4 is 4.74 Å². The summed E-state index contributed by atoms with van der Waals surface area (Å²) in [7, 11) is 2.19. The number of carboxylic acid groups (broad SMARTS) is 1. The van der Waals surface area contributed by atoms with Crippen molar-refractivity contribution in [1.29, 1.82) is 0 Å². The van der Waals surface area contributed by atoms with Crippen LogP contribution in [-0.4, -0.2) is 47.8 Å². The van der Waals surface area contributed by atoms with E-state index in [0.717, 1.165) is 6.42 Å². The Hall–Kier alpha value is -1.41. The highest BCUT2D eigenvalue weighted by Crippen LogP contribution is 2.17. The standard InChI is InChI=1S/C13H20O6Si/c1-16-20(17-2,18-3)10-4-9-19-12-7-5-11(6-8-12)13(14)15/h5-8H,4,9-10H2,1-3H3,(H,14,15). The van der Waals surface area contributed by atoms with E-state index in [1.165, 1.54) is 12.1 Å². The summed E-state index contributed by atoms with van der Waals surface area (Å²) in [4.78, 5) is 10.7. The van der Waals surface area contributed by atoms with Crippen molar-refractivity contribution in [3.05, 3.63) is 29.8 Å². The van der Waals surface area contributed by atoms with Gasteiger partial charge in [0.2, 0.25) is 0 Å². The maximum Gasteiger partial charge on any atom is 0.500 e. The second-order valence-corrected chi connectivity index (χ2v) is 7.17. The zero-order chi connectivity index (χ0) is 15.0. The second-order valence-electron chi connectivity index (χ2n) is 4.08. The van der Waals surface area contributed by atoms with Gasteiger partial charge >= 0.3 is 14.8 Å². The first kappa shape index (κ1) is 16.6. The lowest BCUT2D eigenvalue weighted by Crippen LogP contribution is -2.42. The lowest BCUT2D eigenvalue weighted by molar-refractivity contribution is 0.0696. The Balaban J connectivity index is 2.39. The summed E-state index contributed by atoms with van der Waals surface area (Å²) < 4.78 is 21.4. The van der Waals surface area contributed by atoms with Crippen LogP contribution in [0.25, 0.3) is 0 Å². The molecule has 6 nitrogen and oxygen atoms in total. The fourth-order valence-electron chi connectivity index (χ4n) is 1.73. The number of carbonyl (C=O) groups is 1. The van der Waals surface area contributed by atoms with Gasteiger partial charge in [-0.2, -0.15) is 0 Å². The summed E-state index contributed by atoms with van der Waals surface area (Å²) in [6, 6.07) is 6.95. The highest BCUT2D eigenvalue weighted by molar-refractivity contribution is 6.60. The van der Waals surface area contributed by atoms with E-state index in [1.54, 1.807) is 33.5 Å². The molecule has 1 N–H and O–H groups in total. The highest BCUT2D eigenvalue weighted by Gasteiger charge is 2.36. The van der Waals surface area contributed by atoms with E-state index in [0.29, 0.717) is 18.4 Å². The van der Waals surface area contributed by atoms with Gasteiger partial charge in [-0.15, -0.1) is 0 Å². The zero-order valence-corrected chi connectivity index (χ0v) is 12.9. The summed E-state index contributed by atoms with van der Waals surface area (Å²) in [5.41, 5.74) is 0.238. The molecule has 1 rings (SSSR count). The van der Waals surface area contributed by atoms with E-state index in [-0.39, 0.29) is 5.56 Å². The Kier molecular flexibility index (Phi) is 6.66. The molecule has 0 spiro atoms. The molecule has 0 fully saturated rings. The number of aromatic carboxylic acids is 1. The van der Waals surface area contributed by atoms with Crippen molar-refractivity contribution in [2.24, 2.45) is 0 Å². The Labute approximate surface area is 119 Å². The number of hydrogen-bond donors (Lipinski definition) is 1. The van der Waals surface area contributed by atoms with Gasteiger partial charge in [0.1, 0.15) is 5.75 Å². The second kappa shape index (κ2) is 8.00. The summed E-state index contributed by atoms with van der Waals surface area (Å²) in [6.45, 7) is 0.483. The van der Waals surface area contributed by atoms with Crippen LogP contribution in [0.5, 0.6) is 5.75 Å². The molecule has 0 amide bonds. The fraction of sp³-hybridized carbons (Fsp3) is 0.462. The molecule has 0 radical (unpaired) electrons. The van der Waals surface area contributed by atoms with Gasteiger partial charge in [0, 0.05) is 27.4 Å². The SMILES string of the molecule is CO[Si](CCCOc1ccc(C(=O)O)cc1)(OC)OC. The number of hydrogen-bond acceptors (Lipinski definition) is 5. The predicted octanol–water partition coefficient (Wildman–Crippen LogP) is 2.03. The van der Waals surface area contributed by atoms with E-state index >= 15 is 0 Å². The summed E-state index contributed by atoms with van der Waals surface area (Å²) in [5, 5.41) is 8.78. The molecule has 0 saturated heterocycles. The van der Waals surface area contributed by atoms with E-state index in [9.17, 15) is 4.79 Å². The lowest BCUT2D eigenvalue weighted by Gasteiger charge is -2.24. The van der Waals surface area contributed by atoms with Crippen LogP contribution in [0.3, 0.4) is 0 Å². The Morgan fingerprint density at radius 1 is 1.10 bits per heavy atom. The van der Waals surface area contributed by atoms with Crippen LogP contribution in [0, 0.1) is 0 Å². The fourth-order valence-corrected chi connectivity index (χ4v) is 3.42. The minimum atomic E-state index is -2.54. The topological polar surface area (TPSA) is 74.2 Å². The smallest absolute Gasteiger partial charge is 0.494 e. The Morgan fingerprint density at radius 3 is 2.10 bits per heavy atom. The molecule has 0 bridgehead atoms. The van der Waals surface area contributed by atoms with Gasteiger partial charge in [-0.1, -0.05) is 0 Å². The molecule has 0 saturated carbocycles. The third-order valence-electron chi connectivity index (χ3n) is 2.93. The molecule has 0 aliphatic heterocycles. The van der Waals surface area contributed by atoms with Crippen LogP contribution in [-0.2, 0) is 13.3 Å². The van der Waals surface area contributed by atoms with Gasteiger partial charge in [0.25, 0.3) is 0 Å². The molecule has 1 aromatic rings. The average molecular weight is 300 g/mol. The van der Waals surface area contributed by atoms with Crippen molar-refractivity contribution >= 4 is 14.8 Å². The number of benzene rings is 1. The van der Waals surface area contributed by atoms with E-state index in [1.807, 2.05) is 0 Å². The third-order valence-corrected chi connectivity index (χ3v) is 5.76. The van der Waals surface area contributed by atoms with Crippen LogP contribution in [0.4, 0.5) is 0 Å². The average Bonchev–Trinajstić information content (AvgIpc) is 2.49. The van der Waals surface area contributed by atoms with E-state index < -0.39 is 14.8 Å². The lowest BCUT2D eigenvalue weighted by atomic mass is 10.2. The predicted molar refractivity (Wildman–Crippen MR) is 75.1 cm³/mol. The summed E-state index contributed by atoms with van der Waals surface area (Å²) in [6.07, 6.45) is 0.725. The first-order valence-electron chi connectivity index (χ1n) is 6.18. The molecular formula is C13H20O6Si. The monoisotopic (exact) mass is 300 g/mol. The molecule has 7 heteroatoms. The van der Waals surface area contributed by atoms with Gasteiger partial charge in [-0.25, -0.2) is 4.79 Å². The number of ether oxygens (including phenoxy) is 1. The molecular weight excluding hydrogens is 280 g/mol. The molecule has 0 aliphatic carbocycles. The van der Waals surface area contributed by atoms with Crippen molar-refractivity contribution in [2.75, 3.05) is 27.9 Å². The minimum absolute atomic E-state index is 0.238. The van der Waals surface area contributed by atoms with Crippen LogP contribution >= 0.6 is 0 Å². The van der Waals surface area contributed by atoms with Crippen molar-refractivity contribution in [2.45, 2.75) is 12.5 Å². The summed E-state index contributed by atoms with van der Waals surface area (Å²) in [5.74, 6) is -0.317. The minimum Gasteiger partial charge on any atom is -0.494 e. The largest absolute Gasteiger partial charge is 0.500 e. The van der Waals surface area contributed by atoms with Crippen molar-refractivity contribution in [3.63, 3.8) is 0 Å². The number of rotatable bonds is 9. The van der Waals surface area contributed by atoms with Crippen LogP contribution in [0.1, 0.15) is 16.8 Å². The van der Waals surface area contributed by atoms with Gasteiger partial charge in [0.05, 0.1) is 12.2 Å². The zero-order valence-electron chi connectivity index (χ0n) is 11.9. The highest BCUT2D eigenvalue weighted by atomic mass is 28.4. The molecule has 1 aromatic carbocycles. The number of carboxylic acids is 1. The first-order chi connectivity index (χ1) is 9.56.